The number of carbonyl (C=O) groups is 1. The number of piperidine rings is 1. The molecule has 1 aromatic carbocycles. The number of rotatable bonds is 5. The zero-order valence-electron chi connectivity index (χ0n) is 15.7. The van der Waals surface area contributed by atoms with Crippen LogP contribution >= 0.6 is 0 Å². The summed E-state index contributed by atoms with van der Waals surface area (Å²) in [6, 6.07) is 7.75. The number of ether oxygens (including phenoxy) is 1. The van der Waals surface area contributed by atoms with E-state index in [1.165, 1.54) is 0 Å². The molecule has 1 amide bonds. The lowest BCUT2D eigenvalue weighted by molar-refractivity contribution is 0.0618. The Hall–Kier alpha value is -2.67. The van der Waals surface area contributed by atoms with Crippen LogP contribution in [0.1, 0.15) is 41.3 Å². The van der Waals surface area contributed by atoms with Crippen molar-refractivity contribution >= 4 is 16.8 Å². The van der Waals surface area contributed by atoms with Crippen molar-refractivity contribution < 1.29 is 14.1 Å². The van der Waals surface area contributed by atoms with Crippen molar-refractivity contribution in [3.05, 3.63) is 47.7 Å². The van der Waals surface area contributed by atoms with Gasteiger partial charge in [-0.1, -0.05) is 11.2 Å². The van der Waals surface area contributed by atoms with E-state index in [1.807, 2.05) is 35.4 Å². The SMILES string of the molecule is COCCC1(c2noc(C)n2)CCN(C(=O)c2cccc3[nH]ccc23)CC1. The highest BCUT2D eigenvalue weighted by Gasteiger charge is 2.41. The lowest BCUT2D eigenvalue weighted by Gasteiger charge is -2.40. The van der Waals surface area contributed by atoms with Gasteiger partial charge in [-0.25, -0.2) is 0 Å². The van der Waals surface area contributed by atoms with Crippen LogP contribution in [0.15, 0.2) is 35.0 Å². The average Bonchev–Trinajstić information content (AvgIpc) is 3.35. The largest absolute Gasteiger partial charge is 0.385 e. The molecular weight excluding hydrogens is 344 g/mol. The second-order valence-electron chi connectivity index (χ2n) is 7.20. The smallest absolute Gasteiger partial charge is 0.254 e. The van der Waals surface area contributed by atoms with Crippen LogP contribution in [0.5, 0.6) is 0 Å². The van der Waals surface area contributed by atoms with Gasteiger partial charge in [0.15, 0.2) is 5.82 Å². The molecule has 1 saturated heterocycles. The van der Waals surface area contributed by atoms with E-state index >= 15 is 0 Å². The predicted octanol–water partition coefficient (Wildman–Crippen LogP) is 3.07. The van der Waals surface area contributed by atoms with Gasteiger partial charge in [-0.2, -0.15) is 4.98 Å². The fourth-order valence-corrected chi connectivity index (χ4v) is 3.98. The Morgan fingerprint density at radius 3 is 2.85 bits per heavy atom. The standard InChI is InChI=1S/C20H24N4O3/c1-14-22-19(23-27-14)20(9-13-26-2)7-11-24(12-8-20)18(25)16-4-3-5-17-15(16)6-10-21-17/h3-6,10,21H,7-9,11-13H2,1-2H3. The van der Waals surface area contributed by atoms with Crippen LogP contribution in [0, 0.1) is 6.92 Å². The first-order chi connectivity index (χ1) is 13.1. The Morgan fingerprint density at radius 2 is 2.15 bits per heavy atom. The minimum absolute atomic E-state index is 0.0739. The highest BCUT2D eigenvalue weighted by Crippen LogP contribution is 2.37. The van der Waals surface area contributed by atoms with E-state index in [-0.39, 0.29) is 11.3 Å². The number of amides is 1. The van der Waals surface area contributed by atoms with Gasteiger partial charge in [0.25, 0.3) is 5.91 Å². The average molecular weight is 368 g/mol. The van der Waals surface area contributed by atoms with Crippen LogP contribution in [0.2, 0.25) is 0 Å². The van der Waals surface area contributed by atoms with Gasteiger partial charge in [0.1, 0.15) is 0 Å². The molecule has 1 aliphatic heterocycles. The van der Waals surface area contributed by atoms with E-state index in [2.05, 4.69) is 15.1 Å². The Bertz CT molecular complexity index is 938. The summed E-state index contributed by atoms with van der Waals surface area (Å²) in [6.07, 6.45) is 4.28. The maximum Gasteiger partial charge on any atom is 0.254 e. The summed E-state index contributed by atoms with van der Waals surface area (Å²) < 4.78 is 10.5. The van der Waals surface area contributed by atoms with E-state index in [4.69, 9.17) is 9.26 Å². The minimum atomic E-state index is -0.204. The maximum absolute atomic E-state index is 13.1. The minimum Gasteiger partial charge on any atom is -0.385 e. The summed E-state index contributed by atoms with van der Waals surface area (Å²) in [6.45, 7) is 3.76. The Kier molecular flexibility index (Phi) is 4.70. The van der Waals surface area contributed by atoms with Gasteiger partial charge in [-0.15, -0.1) is 0 Å². The van der Waals surface area contributed by atoms with E-state index in [1.54, 1.807) is 14.0 Å². The van der Waals surface area contributed by atoms with Gasteiger partial charge in [0.05, 0.1) is 0 Å². The quantitative estimate of drug-likeness (QED) is 0.748. The summed E-state index contributed by atoms with van der Waals surface area (Å²) >= 11 is 0. The maximum atomic E-state index is 13.1. The molecule has 7 heteroatoms. The fraction of sp³-hybridized carbons (Fsp3) is 0.450. The summed E-state index contributed by atoms with van der Waals surface area (Å²) in [4.78, 5) is 22.7. The molecular formula is C20H24N4O3. The third-order valence-corrected chi connectivity index (χ3v) is 5.62. The molecule has 7 nitrogen and oxygen atoms in total. The van der Waals surface area contributed by atoms with Crippen molar-refractivity contribution in [2.24, 2.45) is 0 Å². The van der Waals surface area contributed by atoms with E-state index in [9.17, 15) is 4.79 Å². The van der Waals surface area contributed by atoms with Crippen molar-refractivity contribution in [2.45, 2.75) is 31.6 Å². The Balaban J connectivity index is 1.54. The number of aromatic amines is 1. The van der Waals surface area contributed by atoms with Crippen LogP contribution in [0.25, 0.3) is 10.9 Å². The summed E-state index contributed by atoms with van der Waals surface area (Å²) in [5.74, 6) is 1.38. The highest BCUT2D eigenvalue weighted by molar-refractivity contribution is 6.06. The third kappa shape index (κ3) is 3.23. The van der Waals surface area contributed by atoms with Gasteiger partial charge in [-0.3, -0.25) is 4.79 Å². The van der Waals surface area contributed by atoms with E-state index in [0.29, 0.717) is 25.6 Å². The van der Waals surface area contributed by atoms with Crippen molar-refractivity contribution in [1.29, 1.82) is 0 Å². The molecule has 0 atom stereocenters. The van der Waals surface area contributed by atoms with Gasteiger partial charge >= 0.3 is 0 Å². The summed E-state index contributed by atoms with van der Waals surface area (Å²) in [5.41, 5.74) is 1.52. The van der Waals surface area contributed by atoms with Crippen molar-refractivity contribution in [3.63, 3.8) is 0 Å². The zero-order chi connectivity index (χ0) is 18.9. The van der Waals surface area contributed by atoms with Gasteiger partial charge in [0.2, 0.25) is 5.89 Å². The normalized spacial score (nSPS) is 16.7. The number of H-pyrrole nitrogens is 1. The molecule has 1 fully saturated rings. The first-order valence-corrected chi connectivity index (χ1v) is 9.28. The number of nitrogens with one attached hydrogen (secondary N) is 1. The molecule has 0 bridgehead atoms. The van der Waals surface area contributed by atoms with Crippen LogP contribution in [0.3, 0.4) is 0 Å². The zero-order valence-corrected chi connectivity index (χ0v) is 15.7. The number of hydrogen-bond acceptors (Lipinski definition) is 5. The predicted molar refractivity (Wildman–Crippen MR) is 101 cm³/mol. The molecule has 2 aromatic heterocycles. The molecule has 0 spiro atoms. The molecule has 3 aromatic rings. The molecule has 0 unspecified atom stereocenters. The number of carbonyl (C=O) groups excluding carboxylic acids is 1. The van der Waals surface area contributed by atoms with Crippen molar-refractivity contribution in [3.8, 4) is 0 Å². The van der Waals surface area contributed by atoms with Crippen molar-refractivity contribution in [2.75, 3.05) is 26.8 Å². The number of hydrogen-bond donors (Lipinski definition) is 1. The number of methoxy groups -OCH3 is 1. The monoisotopic (exact) mass is 368 g/mol. The Labute approximate surface area is 157 Å². The second-order valence-corrected chi connectivity index (χ2v) is 7.20. The fourth-order valence-electron chi connectivity index (χ4n) is 3.98. The first kappa shape index (κ1) is 17.7. The number of likely N-dealkylation sites (tertiary alicyclic amines) is 1. The molecule has 0 radical (unpaired) electrons. The summed E-state index contributed by atoms with van der Waals surface area (Å²) in [5, 5.41) is 5.14. The second kappa shape index (κ2) is 7.15. The number of aryl methyl sites for hydroxylation is 1. The number of fused-ring (bicyclic) bond motifs is 1. The number of nitrogens with zero attached hydrogens (tertiary/aromatic N) is 3. The molecule has 1 N–H and O–H groups in total. The van der Waals surface area contributed by atoms with Crippen LogP contribution in [0.4, 0.5) is 0 Å². The molecule has 0 aliphatic carbocycles. The van der Waals surface area contributed by atoms with Crippen LogP contribution in [-0.2, 0) is 10.2 Å². The molecule has 1 aliphatic rings. The highest BCUT2D eigenvalue weighted by atomic mass is 16.5. The summed E-state index contributed by atoms with van der Waals surface area (Å²) in [7, 11) is 1.70. The van der Waals surface area contributed by atoms with Gasteiger partial charge in [0, 0.05) is 61.8 Å². The lowest BCUT2D eigenvalue weighted by Crippen LogP contribution is -2.46. The Morgan fingerprint density at radius 1 is 1.33 bits per heavy atom. The molecule has 0 saturated carbocycles. The van der Waals surface area contributed by atoms with Crippen LogP contribution < -0.4 is 0 Å². The molecule has 27 heavy (non-hydrogen) atoms. The van der Waals surface area contributed by atoms with Crippen LogP contribution in [-0.4, -0.2) is 52.7 Å². The molecule has 4 rings (SSSR count). The molecule has 3 heterocycles. The van der Waals surface area contributed by atoms with E-state index in [0.717, 1.165) is 41.6 Å². The van der Waals surface area contributed by atoms with Gasteiger partial charge in [-0.05, 0) is 37.5 Å². The lowest BCUT2D eigenvalue weighted by atomic mass is 9.75. The number of benzene rings is 1. The van der Waals surface area contributed by atoms with Crippen molar-refractivity contribution in [1.82, 2.24) is 20.0 Å². The third-order valence-electron chi connectivity index (χ3n) is 5.62. The van der Waals surface area contributed by atoms with Gasteiger partial charge < -0.3 is 19.1 Å². The topological polar surface area (TPSA) is 84.2 Å². The molecule has 142 valence electrons. The number of aromatic nitrogens is 3. The first-order valence-electron chi connectivity index (χ1n) is 9.28. The van der Waals surface area contributed by atoms with E-state index < -0.39 is 0 Å².